The second-order valence-electron chi connectivity index (χ2n) is 3.34. The second kappa shape index (κ2) is 4.66. The Kier molecular flexibility index (Phi) is 3.06. The Bertz CT molecular complexity index is 583. The van der Waals surface area contributed by atoms with E-state index in [0.29, 0.717) is 16.7 Å². The zero-order valence-electron chi connectivity index (χ0n) is 9.21. The topological polar surface area (TPSA) is 76.1 Å². The fourth-order valence-electron chi connectivity index (χ4n) is 1.60. The normalized spacial score (nSPS) is 12.0. The molecule has 17 heavy (non-hydrogen) atoms. The van der Waals surface area contributed by atoms with Gasteiger partial charge in [-0.1, -0.05) is 0 Å². The smallest absolute Gasteiger partial charge is 0.329 e. The lowest BCUT2D eigenvalue weighted by Gasteiger charge is -2.08. The lowest BCUT2D eigenvalue weighted by molar-refractivity contribution is -0.143. The van der Waals surface area contributed by atoms with Gasteiger partial charge in [0, 0.05) is 11.6 Å². The summed E-state index contributed by atoms with van der Waals surface area (Å²) in [6, 6.07) is 5.27. The molecule has 86 valence electrons. The molecule has 0 aliphatic rings. The highest BCUT2D eigenvalue weighted by Gasteiger charge is 2.25. The van der Waals surface area contributed by atoms with Crippen LogP contribution in [-0.2, 0) is 9.53 Å². The second-order valence-corrected chi connectivity index (χ2v) is 3.34. The van der Waals surface area contributed by atoms with Crippen molar-refractivity contribution in [1.82, 2.24) is 4.98 Å². The molecular formula is C12H10N2O3. The minimum atomic E-state index is -1.02. The SMILES string of the molecule is CCOC(=O)C(C#N)c1nccc2occc12. The first-order valence-corrected chi connectivity index (χ1v) is 5.16. The van der Waals surface area contributed by atoms with Crippen LogP contribution in [0.25, 0.3) is 11.0 Å². The fourth-order valence-corrected chi connectivity index (χ4v) is 1.60. The number of rotatable bonds is 3. The van der Waals surface area contributed by atoms with E-state index in [1.165, 1.54) is 12.5 Å². The molecule has 1 atom stereocenters. The number of esters is 1. The highest BCUT2D eigenvalue weighted by Crippen LogP contribution is 2.24. The number of hydrogen-bond acceptors (Lipinski definition) is 5. The van der Waals surface area contributed by atoms with E-state index < -0.39 is 11.9 Å². The third-order valence-corrected chi connectivity index (χ3v) is 2.34. The average Bonchev–Trinajstić information content (AvgIpc) is 2.79. The zero-order chi connectivity index (χ0) is 12.3. The van der Waals surface area contributed by atoms with Gasteiger partial charge in [-0.2, -0.15) is 5.26 Å². The first-order valence-electron chi connectivity index (χ1n) is 5.16. The molecule has 2 rings (SSSR count). The molecule has 0 bridgehead atoms. The van der Waals surface area contributed by atoms with Gasteiger partial charge in [0.05, 0.1) is 24.6 Å². The minimum Gasteiger partial charge on any atom is -0.465 e. The van der Waals surface area contributed by atoms with E-state index in [4.69, 9.17) is 14.4 Å². The number of fused-ring (bicyclic) bond motifs is 1. The summed E-state index contributed by atoms with van der Waals surface area (Å²) in [5.41, 5.74) is 0.969. The highest BCUT2D eigenvalue weighted by molar-refractivity contribution is 5.89. The van der Waals surface area contributed by atoms with Crippen LogP contribution in [0.4, 0.5) is 0 Å². The van der Waals surface area contributed by atoms with Crippen LogP contribution in [0.5, 0.6) is 0 Å². The van der Waals surface area contributed by atoms with Crippen molar-refractivity contribution in [1.29, 1.82) is 5.26 Å². The van der Waals surface area contributed by atoms with E-state index in [1.807, 2.05) is 6.07 Å². The minimum absolute atomic E-state index is 0.235. The van der Waals surface area contributed by atoms with E-state index >= 15 is 0 Å². The molecule has 0 aliphatic heterocycles. The van der Waals surface area contributed by atoms with Gasteiger partial charge in [0.1, 0.15) is 5.58 Å². The summed E-state index contributed by atoms with van der Waals surface area (Å²) in [5, 5.41) is 9.71. The van der Waals surface area contributed by atoms with Crippen molar-refractivity contribution in [2.24, 2.45) is 0 Å². The van der Waals surface area contributed by atoms with Gasteiger partial charge in [0.15, 0.2) is 5.92 Å². The molecule has 0 saturated heterocycles. The van der Waals surface area contributed by atoms with E-state index in [-0.39, 0.29) is 6.61 Å². The summed E-state index contributed by atoms with van der Waals surface area (Å²) < 4.78 is 10.0. The maximum Gasteiger partial charge on any atom is 0.329 e. The quantitative estimate of drug-likeness (QED) is 0.753. The molecule has 0 aliphatic carbocycles. The third-order valence-electron chi connectivity index (χ3n) is 2.34. The maximum absolute atomic E-state index is 11.6. The number of carbonyl (C=O) groups is 1. The van der Waals surface area contributed by atoms with E-state index in [9.17, 15) is 4.79 Å². The summed E-state index contributed by atoms with van der Waals surface area (Å²) in [5.74, 6) is -1.60. The molecule has 0 amide bonds. The van der Waals surface area contributed by atoms with Crippen molar-refractivity contribution in [3.63, 3.8) is 0 Å². The van der Waals surface area contributed by atoms with Gasteiger partial charge in [0.25, 0.3) is 0 Å². The van der Waals surface area contributed by atoms with Crippen LogP contribution in [0.15, 0.2) is 29.0 Å². The fraction of sp³-hybridized carbons (Fsp3) is 0.250. The van der Waals surface area contributed by atoms with Crippen LogP contribution in [0.1, 0.15) is 18.5 Å². The summed E-state index contributed by atoms with van der Waals surface area (Å²) in [6.45, 7) is 1.93. The molecule has 5 heteroatoms. The van der Waals surface area contributed by atoms with Gasteiger partial charge >= 0.3 is 5.97 Å². The lowest BCUT2D eigenvalue weighted by Crippen LogP contribution is -2.15. The zero-order valence-corrected chi connectivity index (χ0v) is 9.21. The number of nitrogens with zero attached hydrogens (tertiary/aromatic N) is 2. The molecule has 0 N–H and O–H groups in total. The lowest BCUT2D eigenvalue weighted by atomic mass is 10.0. The first-order chi connectivity index (χ1) is 8.27. The summed E-state index contributed by atoms with van der Waals surface area (Å²) in [4.78, 5) is 15.7. The summed E-state index contributed by atoms with van der Waals surface area (Å²) in [7, 11) is 0. The van der Waals surface area contributed by atoms with E-state index in [0.717, 1.165) is 0 Å². The van der Waals surface area contributed by atoms with Crippen molar-refractivity contribution in [3.8, 4) is 6.07 Å². The molecule has 2 heterocycles. The van der Waals surface area contributed by atoms with E-state index in [2.05, 4.69) is 4.98 Å². The van der Waals surface area contributed by atoms with Crippen LogP contribution in [-0.4, -0.2) is 17.6 Å². The standard InChI is InChI=1S/C12H10N2O3/c1-2-16-12(15)9(7-13)11-8-4-6-17-10(8)3-5-14-11/h3-6,9H,2H2,1H3. The van der Waals surface area contributed by atoms with Crippen molar-refractivity contribution >= 4 is 16.9 Å². The van der Waals surface area contributed by atoms with Gasteiger partial charge in [-0.25, -0.2) is 0 Å². The Hall–Kier alpha value is -2.35. The molecule has 2 aromatic heterocycles. The molecule has 0 radical (unpaired) electrons. The number of ether oxygens (including phenoxy) is 1. The summed E-state index contributed by atoms with van der Waals surface area (Å²) >= 11 is 0. The largest absolute Gasteiger partial charge is 0.465 e. The molecule has 5 nitrogen and oxygen atoms in total. The Morgan fingerprint density at radius 1 is 1.65 bits per heavy atom. The van der Waals surface area contributed by atoms with Gasteiger partial charge in [-0.05, 0) is 19.1 Å². The van der Waals surface area contributed by atoms with Crippen molar-refractivity contribution in [3.05, 3.63) is 30.3 Å². The summed E-state index contributed by atoms with van der Waals surface area (Å²) in [6.07, 6.45) is 3.00. The van der Waals surface area contributed by atoms with Crippen LogP contribution in [0.2, 0.25) is 0 Å². The van der Waals surface area contributed by atoms with Crippen LogP contribution >= 0.6 is 0 Å². The number of hydrogen-bond donors (Lipinski definition) is 0. The van der Waals surface area contributed by atoms with Crippen LogP contribution < -0.4 is 0 Å². The van der Waals surface area contributed by atoms with Crippen LogP contribution in [0, 0.1) is 11.3 Å². The first kappa shape index (κ1) is 11.1. The predicted molar refractivity (Wildman–Crippen MR) is 59.0 cm³/mol. The third kappa shape index (κ3) is 1.97. The molecule has 2 aromatic rings. The van der Waals surface area contributed by atoms with E-state index in [1.54, 1.807) is 19.1 Å². The van der Waals surface area contributed by atoms with Crippen molar-refractivity contribution in [2.75, 3.05) is 6.61 Å². The highest BCUT2D eigenvalue weighted by atomic mass is 16.5. The van der Waals surface area contributed by atoms with Gasteiger partial charge in [-0.15, -0.1) is 0 Å². The molecule has 0 saturated carbocycles. The van der Waals surface area contributed by atoms with Crippen molar-refractivity contribution < 1.29 is 13.9 Å². The molecular weight excluding hydrogens is 220 g/mol. The molecule has 0 aromatic carbocycles. The number of pyridine rings is 1. The molecule has 1 unspecified atom stereocenters. The Morgan fingerprint density at radius 2 is 2.47 bits per heavy atom. The number of nitriles is 1. The monoisotopic (exact) mass is 230 g/mol. The number of aromatic nitrogens is 1. The Morgan fingerprint density at radius 3 is 3.18 bits per heavy atom. The molecule has 0 spiro atoms. The van der Waals surface area contributed by atoms with Gasteiger partial charge < -0.3 is 9.15 Å². The van der Waals surface area contributed by atoms with Crippen LogP contribution in [0.3, 0.4) is 0 Å². The maximum atomic E-state index is 11.6. The van der Waals surface area contributed by atoms with Gasteiger partial charge in [0.2, 0.25) is 0 Å². The van der Waals surface area contributed by atoms with Gasteiger partial charge in [-0.3, -0.25) is 9.78 Å². The van der Waals surface area contributed by atoms with Crippen molar-refractivity contribution in [2.45, 2.75) is 12.8 Å². The predicted octanol–water partition coefficient (Wildman–Crippen LogP) is 2.00. The number of furan rings is 1. The molecule has 0 fully saturated rings. The Labute approximate surface area is 97.6 Å². The Balaban J connectivity index is 2.47. The average molecular weight is 230 g/mol. The number of carbonyl (C=O) groups excluding carboxylic acids is 1.